The van der Waals surface area contributed by atoms with Gasteiger partial charge in [-0.1, -0.05) is 0 Å². The van der Waals surface area contributed by atoms with Crippen molar-refractivity contribution in [2.45, 2.75) is 42.9 Å². The highest BCUT2D eigenvalue weighted by molar-refractivity contribution is 7.91. The molecule has 0 N–H and O–H groups in total. The first-order chi connectivity index (χ1) is 9.57. The second-order valence-electron chi connectivity index (χ2n) is 5.74. The van der Waals surface area contributed by atoms with Crippen LogP contribution < -0.4 is 0 Å². The molecule has 1 aromatic rings. The minimum absolute atomic E-state index is 0.495. The summed E-state index contributed by atoms with van der Waals surface area (Å²) in [7, 11) is -3.25. The van der Waals surface area contributed by atoms with E-state index in [0.717, 1.165) is 17.7 Å². The first kappa shape index (κ1) is 14.5. The van der Waals surface area contributed by atoms with Gasteiger partial charge in [0.25, 0.3) is 10.0 Å². The molecule has 0 amide bonds. The summed E-state index contributed by atoms with van der Waals surface area (Å²) in [4.78, 5) is 3.59. The van der Waals surface area contributed by atoms with Crippen LogP contribution in [-0.4, -0.2) is 49.8 Å². The van der Waals surface area contributed by atoms with Gasteiger partial charge in [0.15, 0.2) is 0 Å². The normalized spacial score (nSPS) is 23.4. The third kappa shape index (κ3) is 2.79. The van der Waals surface area contributed by atoms with Gasteiger partial charge < -0.3 is 4.90 Å². The largest absolute Gasteiger partial charge is 0.300 e. The van der Waals surface area contributed by atoms with Gasteiger partial charge in [0.05, 0.1) is 0 Å². The third-order valence-corrected chi connectivity index (χ3v) is 7.76. The maximum atomic E-state index is 12.6. The van der Waals surface area contributed by atoms with Crippen LogP contribution in [0.1, 0.15) is 30.6 Å². The van der Waals surface area contributed by atoms with Crippen molar-refractivity contribution in [2.75, 3.05) is 26.2 Å². The molecule has 4 nitrogen and oxygen atoms in total. The van der Waals surface area contributed by atoms with Gasteiger partial charge in [-0.15, -0.1) is 11.3 Å². The van der Waals surface area contributed by atoms with E-state index in [0.29, 0.717) is 23.3 Å². The summed E-state index contributed by atoms with van der Waals surface area (Å²) < 4.78 is 27.3. The second kappa shape index (κ2) is 5.75. The molecule has 2 saturated heterocycles. The molecule has 112 valence electrons. The van der Waals surface area contributed by atoms with Gasteiger partial charge in [-0.3, -0.25) is 0 Å². The van der Waals surface area contributed by atoms with Gasteiger partial charge in [-0.2, -0.15) is 4.31 Å². The lowest BCUT2D eigenvalue weighted by atomic mass is 10.1. The van der Waals surface area contributed by atoms with Crippen LogP contribution in [0, 0.1) is 6.92 Å². The minimum Gasteiger partial charge on any atom is -0.300 e. The van der Waals surface area contributed by atoms with Gasteiger partial charge >= 0.3 is 0 Å². The van der Waals surface area contributed by atoms with Crippen molar-refractivity contribution in [3.8, 4) is 0 Å². The van der Waals surface area contributed by atoms with E-state index in [-0.39, 0.29) is 0 Å². The molecular weight excluding hydrogens is 292 g/mol. The highest BCUT2D eigenvalue weighted by Crippen LogP contribution is 2.28. The Hall–Kier alpha value is -0.430. The zero-order valence-corrected chi connectivity index (χ0v) is 13.5. The van der Waals surface area contributed by atoms with E-state index in [1.54, 1.807) is 10.4 Å². The Kier molecular flexibility index (Phi) is 4.17. The Labute approximate surface area is 125 Å². The topological polar surface area (TPSA) is 40.6 Å². The molecule has 3 rings (SSSR count). The van der Waals surface area contributed by atoms with Crippen molar-refractivity contribution in [1.29, 1.82) is 0 Å². The fraction of sp³-hybridized carbons (Fsp3) is 0.714. The maximum absolute atomic E-state index is 12.6. The molecule has 0 aromatic carbocycles. The van der Waals surface area contributed by atoms with Crippen molar-refractivity contribution in [3.05, 3.63) is 17.0 Å². The zero-order chi connectivity index (χ0) is 14.2. The van der Waals surface area contributed by atoms with Crippen LogP contribution in [0.4, 0.5) is 0 Å². The lowest BCUT2D eigenvalue weighted by Crippen LogP contribution is -2.45. The van der Waals surface area contributed by atoms with Crippen LogP contribution in [0.2, 0.25) is 0 Å². The zero-order valence-electron chi connectivity index (χ0n) is 11.9. The van der Waals surface area contributed by atoms with Crippen LogP contribution in [0.3, 0.4) is 0 Å². The number of sulfonamides is 1. The van der Waals surface area contributed by atoms with E-state index in [4.69, 9.17) is 0 Å². The van der Waals surface area contributed by atoms with Crippen LogP contribution in [0.25, 0.3) is 0 Å². The predicted octanol–water partition coefficient (Wildman–Crippen LogP) is 2.31. The van der Waals surface area contributed by atoms with E-state index in [1.165, 1.54) is 37.3 Å². The molecule has 2 aliphatic heterocycles. The summed E-state index contributed by atoms with van der Waals surface area (Å²) in [5.41, 5.74) is 0. The summed E-state index contributed by atoms with van der Waals surface area (Å²) in [6.07, 6.45) is 4.55. The monoisotopic (exact) mass is 314 g/mol. The summed E-state index contributed by atoms with van der Waals surface area (Å²) >= 11 is 1.37. The summed E-state index contributed by atoms with van der Waals surface area (Å²) in [6, 6.07) is 4.21. The average molecular weight is 314 g/mol. The molecule has 0 aliphatic carbocycles. The molecular formula is C14H22N2O2S2. The van der Waals surface area contributed by atoms with E-state index >= 15 is 0 Å². The maximum Gasteiger partial charge on any atom is 0.252 e. The van der Waals surface area contributed by atoms with Crippen molar-refractivity contribution in [2.24, 2.45) is 0 Å². The van der Waals surface area contributed by atoms with Crippen molar-refractivity contribution < 1.29 is 8.42 Å². The van der Waals surface area contributed by atoms with Gasteiger partial charge in [0.1, 0.15) is 4.21 Å². The van der Waals surface area contributed by atoms with Crippen molar-refractivity contribution in [3.63, 3.8) is 0 Å². The summed E-state index contributed by atoms with van der Waals surface area (Å²) in [6.45, 7) is 5.67. The van der Waals surface area contributed by atoms with Crippen LogP contribution >= 0.6 is 11.3 Å². The number of piperidine rings is 1. The molecule has 6 heteroatoms. The minimum atomic E-state index is -3.25. The first-order valence-electron chi connectivity index (χ1n) is 7.38. The fourth-order valence-electron chi connectivity index (χ4n) is 3.23. The lowest BCUT2D eigenvalue weighted by Gasteiger charge is -2.35. The summed E-state index contributed by atoms with van der Waals surface area (Å²) in [5.74, 6) is 0. The van der Waals surface area contributed by atoms with Crippen molar-refractivity contribution in [1.82, 2.24) is 9.21 Å². The average Bonchev–Trinajstić information content (AvgIpc) is 3.10. The Balaban J connectivity index is 1.65. The predicted molar refractivity (Wildman–Crippen MR) is 81.6 cm³/mol. The molecule has 1 aromatic heterocycles. The molecule has 0 saturated carbocycles. The van der Waals surface area contributed by atoms with E-state index in [9.17, 15) is 8.42 Å². The molecule has 0 radical (unpaired) electrons. The SMILES string of the molecule is Cc1ccc(S(=O)(=O)N2CCC(N3CCCC3)CC2)s1. The molecule has 2 fully saturated rings. The van der Waals surface area contributed by atoms with Gasteiger partial charge in [-0.25, -0.2) is 8.42 Å². The number of hydrogen-bond acceptors (Lipinski definition) is 4. The van der Waals surface area contributed by atoms with E-state index in [2.05, 4.69) is 4.90 Å². The molecule has 0 unspecified atom stereocenters. The number of rotatable bonds is 3. The smallest absolute Gasteiger partial charge is 0.252 e. The highest BCUT2D eigenvalue weighted by atomic mass is 32.2. The fourth-order valence-corrected chi connectivity index (χ4v) is 6.14. The highest BCUT2D eigenvalue weighted by Gasteiger charge is 2.32. The molecule has 0 spiro atoms. The Morgan fingerprint density at radius 2 is 1.75 bits per heavy atom. The Morgan fingerprint density at radius 1 is 1.10 bits per heavy atom. The number of nitrogens with zero attached hydrogens (tertiary/aromatic N) is 2. The molecule has 3 heterocycles. The van der Waals surface area contributed by atoms with Gasteiger partial charge in [-0.05, 0) is 57.8 Å². The first-order valence-corrected chi connectivity index (χ1v) is 9.64. The standard InChI is InChI=1S/C14H22N2O2S2/c1-12-4-5-14(19-12)20(17,18)16-10-6-13(7-11-16)15-8-2-3-9-15/h4-5,13H,2-3,6-11H2,1H3. The number of aryl methyl sites for hydroxylation is 1. The Morgan fingerprint density at radius 3 is 2.30 bits per heavy atom. The lowest BCUT2D eigenvalue weighted by molar-refractivity contribution is 0.168. The number of thiophene rings is 1. The quantitative estimate of drug-likeness (QED) is 0.859. The molecule has 0 bridgehead atoms. The number of likely N-dealkylation sites (tertiary alicyclic amines) is 1. The molecule has 0 atom stereocenters. The summed E-state index contributed by atoms with van der Waals surface area (Å²) in [5, 5.41) is 0. The molecule has 20 heavy (non-hydrogen) atoms. The van der Waals surface area contributed by atoms with E-state index in [1.807, 2.05) is 13.0 Å². The number of hydrogen-bond donors (Lipinski definition) is 0. The third-order valence-electron chi connectivity index (χ3n) is 4.39. The Bertz CT molecular complexity index is 553. The molecule has 2 aliphatic rings. The van der Waals surface area contributed by atoms with Crippen LogP contribution in [-0.2, 0) is 10.0 Å². The van der Waals surface area contributed by atoms with Crippen LogP contribution in [0.15, 0.2) is 16.3 Å². The second-order valence-corrected chi connectivity index (χ2v) is 9.20. The van der Waals surface area contributed by atoms with Crippen LogP contribution in [0.5, 0.6) is 0 Å². The van der Waals surface area contributed by atoms with Gasteiger partial charge in [0.2, 0.25) is 0 Å². The van der Waals surface area contributed by atoms with Gasteiger partial charge in [0, 0.05) is 24.0 Å². The van der Waals surface area contributed by atoms with Crippen molar-refractivity contribution >= 4 is 21.4 Å². The van der Waals surface area contributed by atoms with E-state index < -0.39 is 10.0 Å².